The topological polar surface area (TPSA) is 94.4 Å². The summed E-state index contributed by atoms with van der Waals surface area (Å²) in [5.74, 6) is -0.159. The van der Waals surface area contributed by atoms with Crippen LogP contribution < -0.4 is 10.2 Å². The first kappa shape index (κ1) is 17.6. The molecular formula is C21H18FN5O2. The molecule has 7 nitrogen and oxygen atoms in total. The lowest BCUT2D eigenvalue weighted by Gasteiger charge is -2.45. The van der Waals surface area contributed by atoms with Gasteiger partial charge >= 0.3 is 0 Å². The number of aromatic nitrogens is 3. The zero-order chi connectivity index (χ0) is 20.2. The highest BCUT2D eigenvalue weighted by Gasteiger charge is 2.37. The SMILES string of the molecule is CC1(O)CN(c2cc(O)c3c(Nc4ccc5ncccc5c4F)ncnc3c2)C1. The van der Waals surface area contributed by atoms with E-state index in [4.69, 9.17) is 0 Å². The molecule has 1 fully saturated rings. The van der Waals surface area contributed by atoms with E-state index < -0.39 is 11.4 Å². The van der Waals surface area contributed by atoms with Crippen LogP contribution in [0.1, 0.15) is 6.92 Å². The van der Waals surface area contributed by atoms with Crippen molar-refractivity contribution in [2.24, 2.45) is 0 Å². The molecule has 5 rings (SSSR count). The van der Waals surface area contributed by atoms with E-state index in [2.05, 4.69) is 20.3 Å². The number of anilines is 3. The third-order valence-electron chi connectivity index (χ3n) is 5.10. The molecule has 4 aromatic rings. The molecule has 2 aromatic carbocycles. The van der Waals surface area contributed by atoms with Crippen LogP contribution in [-0.4, -0.2) is 43.9 Å². The molecular weight excluding hydrogens is 373 g/mol. The first-order chi connectivity index (χ1) is 13.9. The molecule has 0 saturated carbocycles. The molecule has 146 valence electrons. The Labute approximate surface area is 165 Å². The zero-order valence-corrected chi connectivity index (χ0v) is 15.6. The molecule has 0 amide bonds. The Morgan fingerprint density at radius 3 is 2.72 bits per heavy atom. The lowest BCUT2D eigenvalue weighted by Crippen LogP contribution is -2.60. The first-order valence-corrected chi connectivity index (χ1v) is 9.17. The molecule has 29 heavy (non-hydrogen) atoms. The summed E-state index contributed by atoms with van der Waals surface area (Å²) in [5.41, 5.74) is 1.33. The maximum Gasteiger partial charge on any atom is 0.156 e. The van der Waals surface area contributed by atoms with Crippen LogP contribution in [0, 0.1) is 5.82 Å². The van der Waals surface area contributed by atoms with Gasteiger partial charge in [-0.05, 0) is 37.3 Å². The van der Waals surface area contributed by atoms with Gasteiger partial charge in [0.15, 0.2) is 5.82 Å². The van der Waals surface area contributed by atoms with Gasteiger partial charge in [0.1, 0.15) is 17.9 Å². The maximum absolute atomic E-state index is 14.9. The predicted molar refractivity (Wildman–Crippen MR) is 109 cm³/mol. The number of phenols is 1. The van der Waals surface area contributed by atoms with Gasteiger partial charge in [0.2, 0.25) is 0 Å². The Kier molecular flexibility index (Phi) is 3.78. The second-order valence-electron chi connectivity index (χ2n) is 7.56. The van der Waals surface area contributed by atoms with E-state index in [0.717, 1.165) is 5.69 Å². The largest absolute Gasteiger partial charge is 0.507 e. The van der Waals surface area contributed by atoms with Crippen molar-refractivity contribution in [2.45, 2.75) is 12.5 Å². The van der Waals surface area contributed by atoms with Crippen LogP contribution in [0.25, 0.3) is 21.8 Å². The zero-order valence-electron chi connectivity index (χ0n) is 15.6. The number of aromatic hydroxyl groups is 1. The van der Waals surface area contributed by atoms with Gasteiger partial charge < -0.3 is 20.4 Å². The molecule has 3 heterocycles. The number of pyridine rings is 1. The predicted octanol–water partition coefficient (Wildman–Crippen LogP) is 3.34. The lowest BCUT2D eigenvalue weighted by atomic mass is 9.96. The van der Waals surface area contributed by atoms with Crippen LogP contribution >= 0.6 is 0 Å². The molecule has 0 radical (unpaired) electrons. The van der Waals surface area contributed by atoms with Crippen molar-refractivity contribution in [1.82, 2.24) is 15.0 Å². The average Bonchev–Trinajstić information content (AvgIpc) is 2.68. The molecule has 0 spiro atoms. The summed E-state index contributed by atoms with van der Waals surface area (Å²) in [6.45, 7) is 2.72. The van der Waals surface area contributed by atoms with Crippen LogP contribution in [0.15, 0.2) is 48.9 Å². The van der Waals surface area contributed by atoms with Gasteiger partial charge in [-0.3, -0.25) is 4.98 Å². The van der Waals surface area contributed by atoms with Crippen molar-refractivity contribution in [3.8, 4) is 5.75 Å². The monoisotopic (exact) mass is 391 g/mol. The molecule has 1 aliphatic heterocycles. The summed E-state index contributed by atoms with van der Waals surface area (Å²) < 4.78 is 14.9. The van der Waals surface area contributed by atoms with Crippen molar-refractivity contribution < 1.29 is 14.6 Å². The van der Waals surface area contributed by atoms with E-state index in [0.29, 0.717) is 40.7 Å². The molecule has 2 aromatic heterocycles. The van der Waals surface area contributed by atoms with Crippen molar-refractivity contribution in [1.29, 1.82) is 0 Å². The van der Waals surface area contributed by atoms with E-state index >= 15 is 0 Å². The Morgan fingerprint density at radius 1 is 1.10 bits per heavy atom. The fraction of sp³-hybridized carbons (Fsp3) is 0.190. The van der Waals surface area contributed by atoms with Crippen molar-refractivity contribution in [2.75, 3.05) is 23.3 Å². The quantitative estimate of drug-likeness (QED) is 0.493. The highest BCUT2D eigenvalue weighted by atomic mass is 19.1. The maximum atomic E-state index is 14.9. The number of nitrogens with one attached hydrogen (secondary N) is 1. The molecule has 0 atom stereocenters. The number of phenolic OH excluding ortho intramolecular Hbond substituents is 1. The Balaban J connectivity index is 1.55. The normalized spacial score (nSPS) is 15.5. The molecule has 1 saturated heterocycles. The van der Waals surface area contributed by atoms with Crippen LogP contribution in [0.5, 0.6) is 5.75 Å². The van der Waals surface area contributed by atoms with Crippen LogP contribution in [0.3, 0.4) is 0 Å². The van der Waals surface area contributed by atoms with Crippen molar-refractivity contribution in [3.63, 3.8) is 0 Å². The second-order valence-corrected chi connectivity index (χ2v) is 7.56. The number of aliphatic hydroxyl groups is 1. The number of rotatable bonds is 3. The van der Waals surface area contributed by atoms with E-state index in [1.165, 1.54) is 6.33 Å². The highest BCUT2D eigenvalue weighted by molar-refractivity contribution is 5.98. The van der Waals surface area contributed by atoms with Gasteiger partial charge in [-0.25, -0.2) is 14.4 Å². The van der Waals surface area contributed by atoms with Gasteiger partial charge in [0.05, 0.1) is 27.7 Å². The van der Waals surface area contributed by atoms with Crippen LogP contribution in [0.4, 0.5) is 21.6 Å². The van der Waals surface area contributed by atoms with Gasteiger partial charge in [-0.1, -0.05) is 0 Å². The standard InChI is InChI=1S/C21H18FN5O2/c1-21(29)9-27(10-21)12-7-16-18(17(28)8-12)20(25-11-24-16)26-15-5-4-14-13(19(15)22)3-2-6-23-14/h2-8,11,28-29H,9-10H2,1H3,(H,24,25,26). The molecule has 0 bridgehead atoms. The molecule has 0 aliphatic carbocycles. The van der Waals surface area contributed by atoms with Crippen LogP contribution in [0.2, 0.25) is 0 Å². The third kappa shape index (κ3) is 2.98. The van der Waals surface area contributed by atoms with Crippen molar-refractivity contribution >= 4 is 39.0 Å². The van der Waals surface area contributed by atoms with Crippen LogP contribution in [-0.2, 0) is 0 Å². The number of fused-ring (bicyclic) bond motifs is 2. The Morgan fingerprint density at radius 2 is 1.93 bits per heavy atom. The van der Waals surface area contributed by atoms with Gasteiger partial charge in [-0.2, -0.15) is 0 Å². The molecule has 8 heteroatoms. The minimum atomic E-state index is -0.731. The number of hydrogen-bond acceptors (Lipinski definition) is 7. The Hall–Kier alpha value is -3.52. The lowest BCUT2D eigenvalue weighted by molar-refractivity contribution is 0.0310. The van der Waals surface area contributed by atoms with Gasteiger partial charge in [0, 0.05) is 36.4 Å². The van der Waals surface area contributed by atoms with E-state index in [-0.39, 0.29) is 11.4 Å². The summed E-state index contributed by atoms with van der Waals surface area (Å²) in [4.78, 5) is 14.5. The molecule has 3 N–H and O–H groups in total. The average molecular weight is 391 g/mol. The van der Waals surface area contributed by atoms with E-state index in [1.54, 1.807) is 43.5 Å². The van der Waals surface area contributed by atoms with E-state index in [9.17, 15) is 14.6 Å². The summed E-state index contributed by atoms with van der Waals surface area (Å²) in [7, 11) is 0. The number of halogens is 1. The fourth-order valence-corrected chi connectivity index (χ4v) is 3.73. The fourth-order valence-electron chi connectivity index (χ4n) is 3.73. The minimum absolute atomic E-state index is 0.0185. The number of benzene rings is 2. The summed E-state index contributed by atoms with van der Waals surface area (Å²) in [5, 5.41) is 24.4. The molecule has 1 aliphatic rings. The minimum Gasteiger partial charge on any atom is -0.507 e. The summed E-state index contributed by atoms with van der Waals surface area (Å²) in [6.07, 6.45) is 2.97. The van der Waals surface area contributed by atoms with E-state index in [1.807, 2.05) is 11.0 Å². The number of β-amino-alcohol motifs (C(OH)–C–C–N with tert-alkyl or cyclic N) is 1. The number of hydrogen-bond donors (Lipinski definition) is 3. The van der Waals surface area contributed by atoms with Gasteiger partial charge in [0.25, 0.3) is 0 Å². The third-order valence-corrected chi connectivity index (χ3v) is 5.10. The first-order valence-electron chi connectivity index (χ1n) is 9.17. The number of nitrogens with zero attached hydrogens (tertiary/aromatic N) is 4. The summed E-state index contributed by atoms with van der Waals surface area (Å²) in [6, 6.07) is 10.1. The highest BCUT2D eigenvalue weighted by Crippen LogP contribution is 2.38. The second kappa shape index (κ2) is 6.25. The van der Waals surface area contributed by atoms with Gasteiger partial charge in [-0.15, -0.1) is 0 Å². The Bertz CT molecular complexity index is 1250. The molecule has 0 unspecified atom stereocenters. The summed E-state index contributed by atoms with van der Waals surface area (Å²) >= 11 is 0. The smallest absolute Gasteiger partial charge is 0.156 e. The van der Waals surface area contributed by atoms with Crippen molar-refractivity contribution in [3.05, 3.63) is 54.7 Å².